The molecule has 0 atom stereocenters. The van der Waals surface area contributed by atoms with Crippen LogP contribution in [0, 0.1) is 5.82 Å². The highest BCUT2D eigenvalue weighted by atomic mass is 32.2. The van der Waals surface area contributed by atoms with Gasteiger partial charge >= 0.3 is 5.97 Å². The van der Waals surface area contributed by atoms with E-state index in [-0.39, 0.29) is 18.3 Å². The highest BCUT2D eigenvalue weighted by molar-refractivity contribution is 8.18. The second kappa shape index (κ2) is 10.8. The predicted molar refractivity (Wildman–Crippen MR) is 122 cm³/mol. The number of amides is 1. The molecule has 2 aromatic rings. The Balaban J connectivity index is 1.86. The lowest BCUT2D eigenvalue weighted by molar-refractivity contribution is -0.142. The summed E-state index contributed by atoms with van der Waals surface area (Å²) < 4.78 is 28.8. The van der Waals surface area contributed by atoms with Gasteiger partial charge in [-0.1, -0.05) is 6.07 Å². The minimum atomic E-state index is -0.501. The third-order valence-electron chi connectivity index (χ3n) is 4.39. The molecule has 0 bridgehead atoms. The second-order valence-electron chi connectivity index (χ2n) is 6.53. The number of carbonyl (C=O) groups excluding carboxylic acids is 2. The van der Waals surface area contributed by atoms with E-state index < -0.39 is 5.97 Å². The number of hydrogen-bond acceptors (Lipinski definition) is 7. The summed E-state index contributed by atoms with van der Waals surface area (Å²) in [6.45, 7) is 4.32. The standard InChI is InChI=1S/C23H23FN2O5S/c1-4-26-22(28)20(32-23(26)25-17-9-7-16(24)8-10-17)13-15-6-11-18(19(12-15)30-5-2)31-14-21(27)29-3/h6-13H,4-5,14H2,1-3H3/b20-13+,25-23?. The number of methoxy groups -OCH3 is 1. The average molecular weight is 459 g/mol. The number of thioether (sulfide) groups is 1. The molecule has 2 aromatic carbocycles. The van der Waals surface area contributed by atoms with Crippen molar-refractivity contribution in [2.24, 2.45) is 4.99 Å². The molecule has 7 nitrogen and oxygen atoms in total. The number of amidine groups is 1. The Kier molecular flexibility index (Phi) is 7.88. The highest BCUT2D eigenvalue weighted by Gasteiger charge is 2.32. The van der Waals surface area contributed by atoms with Crippen molar-refractivity contribution in [1.82, 2.24) is 4.90 Å². The number of aliphatic imine (C=N–C) groups is 1. The average Bonchev–Trinajstić information content (AvgIpc) is 3.08. The van der Waals surface area contributed by atoms with Crippen LogP contribution in [-0.2, 0) is 14.3 Å². The first kappa shape index (κ1) is 23.3. The zero-order valence-corrected chi connectivity index (χ0v) is 18.8. The molecule has 1 amide bonds. The van der Waals surface area contributed by atoms with Crippen LogP contribution in [0.5, 0.6) is 11.5 Å². The number of likely N-dealkylation sites (N-methyl/N-ethyl adjacent to an activating group) is 1. The van der Waals surface area contributed by atoms with Crippen LogP contribution < -0.4 is 9.47 Å². The first-order valence-corrected chi connectivity index (χ1v) is 10.8. The summed E-state index contributed by atoms with van der Waals surface area (Å²) in [6, 6.07) is 11.0. The van der Waals surface area contributed by atoms with Crippen molar-refractivity contribution in [1.29, 1.82) is 0 Å². The molecule has 0 spiro atoms. The second-order valence-corrected chi connectivity index (χ2v) is 7.54. The molecule has 0 unspecified atom stereocenters. The van der Waals surface area contributed by atoms with Gasteiger partial charge in [-0.05, 0) is 73.6 Å². The van der Waals surface area contributed by atoms with Crippen LogP contribution in [0.4, 0.5) is 10.1 Å². The molecular weight excluding hydrogens is 435 g/mol. The minimum absolute atomic E-state index is 0.165. The summed E-state index contributed by atoms with van der Waals surface area (Å²) in [5.74, 6) is -0.157. The van der Waals surface area contributed by atoms with Crippen molar-refractivity contribution in [3.05, 3.63) is 58.8 Å². The van der Waals surface area contributed by atoms with Gasteiger partial charge in [-0.25, -0.2) is 14.2 Å². The summed E-state index contributed by atoms with van der Waals surface area (Å²) in [6.07, 6.45) is 1.75. The zero-order chi connectivity index (χ0) is 23.1. The van der Waals surface area contributed by atoms with Crippen LogP contribution in [0.2, 0.25) is 0 Å². The van der Waals surface area contributed by atoms with E-state index in [0.717, 1.165) is 5.56 Å². The third-order valence-corrected chi connectivity index (χ3v) is 5.40. The van der Waals surface area contributed by atoms with Crippen molar-refractivity contribution in [3.63, 3.8) is 0 Å². The van der Waals surface area contributed by atoms with Crippen LogP contribution in [0.3, 0.4) is 0 Å². The van der Waals surface area contributed by atoms with E-state index in [2.05, 4.69) is 9.73 Å². The van der Waals surface area contributed by atoms with E-state index in [4.69, 9.17) is 9.47 Å². The van der Waals surface area contributed by atoms with Crippen LogP contribution in [0.15, 0.2) is 52.4 Å². The molecule has 1 aliphatic rings. The lowest BCUT2D eigenvalue weighted by Gasteiger charge is -2.12. The fourth-order valence-electron chi connectivity index (χ4n) is 2.85. The summed E-state index contributed by atoms with van der Waals surface area (Å²) in [7, 11) is 1.29. The lowest BCUT2D eigenvalue weighted by atomic mass is 10.2. The molecular formula is C23H23FN2O5S. The van der Waals surface area contributed by atoms with Gasteiger partial charge in [-0.3, -0.25) is 9.69 Å². The Labute approximate surface area is 189 Å². The predicted octanol–water partition coefficient (Wildman–Crippen LogP) is 4.40. The van der Waals surface area contributed by atoms with E-state index in [1.165, 1.54) is 31.0 Å². The first-order chi connectivity index (χ1) is 15.4. The number of halogens is 1. The molecule has 32 heavy (non-hydrogen) atoms. The maximum Gasteiger partial charge on any atom is 0.343 e. The van der Waals surface area contributed by atoms with Crippen LogP contribution >= 0.6 is 11.8 Å². The van der Waals surface area contributed by atoms with Crippen molar-refractivity contribution < 1.29 is 28.2 Å². The molecule has 9 heteroatoms. The molecule has 1 fully saturated rings. The zero-order valence-electron chi connectivity index (χ0n) is 18.0. The van der Waals surface area contributed by atoms with Gasteiger partial charge in [-0.2, -0.15) is 0 Å². The largest absolute Gasteiger partial charge is 0.490 e. The molecule has 3 rings (SSSR count). The Bertz CT molecular complexity index is 1050. The van der Waals surface area contributed by atoms with Crippen molar-refractivity contribution >= 4 is 40.6 Å². The van der Waals surface area contributed by atoms with Gasteiger partial charge < -0.3 is 14.2 Å². The number of carbonyl (C=O) groups is 2. The van der Waals surface area contributed by atoms with Gasteiger partial charge in [0.2, 0.25) is 0 Å². The molecule has 0 radical (unpaired) electrons. The molecule has 1 aliphatic heterocycles. The van der Waals surface area contributed by atoms with E-state index in [1.54, 1.807) is 41.3 Å². The van der Waals surface area contributed by atoms with Gasteiger partial charge in [0.1, 0.15) is 5.82 Å². The summed E-state index contributed by atoms with van der Waals surface area (Å²) in [4.78, 5) is 30.8. The summed E-state index contributed by atoms with van der Waals surface area (Å²) in [5, 5.41) is 0.526. The van der Waals surface area contributed by atoms with Gasteiger partial charge in [0.15, 0.2) is 23.3 Å². The number of esters is 1. The highest BCUT2D eigenvalue weighted by Crippen LogP contribution is 2.36. The molecule has 0 aliphatic carbocycles. The molecule has 1 heterocycles. The van der Waals surface area contributed by atoms with Crippen LogP contribution in [0.25, 0.3) is 6.08 Å². The SMILES string of the molecule is CCOc1cc(/C=C2/SC(=Nc3ccc(F)cc3)N(CC)C2=O)ccc1OCC(=O)OC. The van der Waals surface area contributed by atoms with E-state index >= 15 is 0 Å². The van der Waals surface area contributed by atoms with E-state index in [0.29, 0.717) is 40.4 Å². The first-order valence-electron chi connectivity index (χ1n) is 9.97. The van der Waals surface area contributed by atoms with E-state index in [1.807, 2.05) is 13.8 Å². The Hall–Kier alpha value is -3.33. The molecule has 0 saturated carbocycles. The van der Waals surface area contributed by atoms with Crippen molar-refractivity contribution in [2.75, 3.05) is 26.9 Å². The molecule has 0 aromatic heterocycles. The number of ether oxygens (including phenoxy) is 3. The van der Waals surface area contributed by atoms with Gasteiger partial charge in [0, 0.05) is 6.54 Å². The number of rotatable bonds is 8. The Morgan fingerprint density at radius 2 is 1.88 bits per heavy atom. The lowest BCUT2D eigenvalue weighted by Crippen LogP contribution is -2.28. The number of hydrogen-bond donors (Lipinski definition) is 0. The van der Waals surface area contributed by atoms with Gasteiger partial charge in [-0.15, -0.1) is 0 Å². The minimum Gasteiger partial charge on any atom is -0.490 e. The molecule has 1 saturated heterocycles. The Morgan fingerprint density at radius 3 is 2.53 bits per heavy atom. The van der Waals surface area contributed by atoms with E-state index in [9.17, 15) is 14.0 Å². The van der Waals surface area contributed by atoms with Crippen LogP contribution in [-0.4, -0.2) is 48.8 Å². The van der Waals surface area contributed by atoms with Gasteiger partial charge in [0.05, 0.1) is 24.3 Å². The third kappa shape index (κ3) is 5.67. The Morgan fingerprint density at radius 1 is 1.12 bits per heavy atom. The quantitative estimate of drug-likeness (QED) is 0.431. The van der Waals surface area contributed by atoms with Crippen LogP contribution in [0.1, 0.15) is 19.4 Å². The fourth-order valence-corrected chi connectivity index (χ4v) is 3.91. The summed E-state index contributed by atoms with van der Waals surface area (Å²) in [5.41, 5.74) is 1.29. The monoisotopic (exact) mass is 458 g/mol. The maximum absolute atomic E-state index is 13.2. The number of benzene rings is 2. The normalized spacial score (nSPS) is 16.0. The fraction of sp³-hybridized carbons (Fsp3) is 0.261. The topological polar surface area (TPSA) is 77.4 Å². The van der Waals surface area contributed by atoms with Gasteiger partial charge in [0.25, 0.3) is 5.91 Å². The maximum atomic E-state index is 13.2. The summed E-state index contributed by atoms with van der Waals surface area (Å²) >= 11 is 1.25. The smallest absolute Gasteiger partial charge is 0.343 e. The molecule has 168 valence electrons. The molecule has 0 N–H and O–H groups in total. The van der Waals surface area contributed by atoms with Crippen molar-refractivity contribution in [2.45, 2.75) is 13.8 Å². The van der Waals surface area contributed by atoms with Crippen molar-refractivity contribution in [3.8, 4) is 11.5 Å². The number of nitrogens with zero attached hydrogens (tertiary/aromatic N) is 2.